The fourth-order valence-electron chi connectivity index (χ4n) is 2.11. The summed E-state index contributed by atoms with van der Waals surface area (Å²) >= 11 is 0. The Morgan fingerprint density at radius 3 is 2.78 bits per heavy atom. The molecule has 0 aliphatic heterocycles. The monoisotopic (exact) mass is 251 g/mol. The van der Waals surface area contributed by atoms with Crippen LogP contribution in [0, 0.1) is 0 Å². The third kappa shape index (κ3) is 5.12. The second kappa shape index (κ2) is 7.46. The van der Waals surface area contributed by atoms with Gasteiger partial charge in [-0.3, -0.25) is 4.98 Å². The van der Waals surface area contributed by atoms with Crippen molar-refractivity contribution in [2.75, 3.05) is 33.3 Å². The van der Waals surface area contributed by atoms with Gasteiger partial charge >= 0.3 is 0 Å². The lowest BCUT2D eigenvalue weighted by molar-refractivity contribution is 0.134. The highest BCUT2D eigenvalue weighted by Gasteiger charge is 2.23. The number of likely N-dealkylation sites (N-methyl/N-ethyl adjacent to an activating group) is 2. The Bertz CT molecular complexity index is 331. The number of nitrogens with zero attached hydrogens (tertiary/aromatic N) is 2. The molecule has 1 aromatic rings. The number of nitrogens with one attached hydrogen (secondary N) is 1. The highest BCUT2D eigenvalue weighted by molar-refractivity contribution is 5.03. The van der Waals surface area contributed by atoms with Crippen LogP contribution in [0.2, 0.25) is 0 Å². The average Bonchev–Trinajstić information content (AvgIpc) is 2.38. The topological polar surface area (TPSA) is 48.4 Å². The predicted molar refractivity (Wildman–Crippen MR) is 74.6 cm³/mol. The summed E-state index contributed by atoms with van der Waals surface area (Å²) in [6.45, 7) is 6.89. The first kappa shape index (κ1) is 15.1. The van der Waals surface area contributed by atoms with Crippen LogP contribution in [0.15, 0.2) is 24.4 Å². The van der Waals surface area contributed by atoms with Crippen LogP contribution in [-0.2, 0) is 6.42 Å². The van der Waals surface area contributed by atoms with Crippen molar-refractivity contribution in [2.45, 2.75) is 25.8 Å². The maximum Gasteiger partial charge on any atom is 0.0623 e. The molecule has 1 aromatic heterocycles. The van der Waals surface area contributed by atoms with Gasteiger partial charge in [0.05, 0.1) is 12.1 Å². The van der Waals surface area contributed by atoms with E-state index >= 15 is 0 Å². The zero-order valence-corrected chi connectivity index (χ0v) is 11.7. The molecule has 1 heterocycles. The Hall–Kier alpha value is -0.970. The zero-order chi connectivity index (χ0) is 13.4. The van der Waals surface area contributed by atoms with E-state index in [-0.39, 0.29) is 12.1 Å². The summed E-state index contributed by atoms with van der Waals surface area (Å²) in [6, 6.07) is 5.99. The summed E-state index contributed by atoms with van der Waals surface area (Å²) in [6.07, 6.45) is 2.76. The van der Waals surface area contributed by atoms with Crippen LogP contribution in [0.1, 0.15) is 19.5 Å². The number of hydrogen-bond donors (Lipinski definition) is 2. The number of hydrogen-bond acceptors (Lipinski definition) is 4. The van der Waals surface area contributed by atoms with Gasteiger partial charge in [0.2, 0.25) is 0 Å². The summed E-state index contributed by atoms with van der Waals surface area (Å²) < 4.78 is 0. The van der Waals surface area contributed by atoms with Crippen molar-refractivity contribution < 1.29 is 5.11 Å². The summed E-state index contributed by atoms with van der Waals surface area (Å²) in [5.41, 5.74) is 0.881. The second-order valence-electron chi connectivity index (χ2n) is 5.06. The van der Waals surface area contributed by atoms with Gasteiger partial charge < -0.3 is 15.3 Å². The molecule has 0 aromatic carbocycles. The fraction of sp³-hybridized carbons (Fsp3) is 0.643. The zero-order valence-electron chi connectivity index (χ0n) is 11.7. The molecule has 18 heavy (non-hydrogen) atoms. The van der Waals surface area contributed by atoms with E-state index in [0.29, 0.717) is 0 Å². The lowest BCUT2D eigenvalue weighted by Gasteiger charge is -2.33. The summed E-state index contributed by atoms with van der Waals surface area (Å²) in [4.78, 5) is 6.54. The minimum Gasteiger partial charge on any atom is -0.394 e. The molecular formula is C14H25N3O. The van der Waals surface area contributed by atoms with Crippen LogP contribution in [0.3, 0.4) is 0 Å². The largest absolute Gasteiger partial charge is 0.394 e. The molecule has 2 N–H and O–H groups in total. The van der Waals surface area contributed by atoms with E-state index in [1.165, 1.54) is 0 Å². The minimum atomic E-state index is -0.229. The standard InChI is InChI=1S/C14H25N3O/c1-4-16-14(2,12-18)11-17(3)10-8-13-7-5-6-9-15-13/h5-7,9,16,18H,4,8,10-12H2,1-3H3. The first-order chi connectivity index (χ1) is 8.59. The molecule has 0 fully saturated rings. The maximum absolute atomic E-state index is 9.45. The molecule has 0 amide bonds. The molecular weight excluding hydrogens is 226 g/mol. The van der Waals surface area contributed by atoms with Gasteiger partial charge in [-0.25, -0.2) is 0 Å². The van der Waals surface area contributed by atoms with Crippen molar-refractivity contribution in [1.82, 2.24) is 15.2 Å². The van der Waals surface area contributed by atoms with E-state index in [2.05, 4.69) is 29.2 Å². The fourth-order valence-corrected chi connectivity index (χ4v) is 2.11. The Labute approximate surface area is 110 Å². The Balaban J connectivity index is 2.39. The highest BCUT2D eigenvalue weighted by Crippen LogP contribution is 2.05. The van der Waals surface area contributed by atoms with Crippen molar-refractivity contribution in [2.24, 2.45) is 0 Å². The number of aliphatic hydroxyl groups is 1. The lowest BCUT2D eigenvalue weighted by atomic mass is 10.0. The van der Waals surface area contributed by atoms with Crippen LogP contribution >= 0.6 is 0 Å². The third-order valence-corrected chi connectivity index (χ3v) is 3.05. The van der Waals surface area contributed by atoms with Crippen molar-refractivity contribution in [3.8, 4) is 0 Å². The predicted octanol–water partition coefficient (Wildman–Crippen LogP) is 0.916. The molecule has 102 valence electrons. The molecule has 1 rings (SSSR count). The van der Waals surface area contributed by atoms with Crippen molar-refractivity contribution in [1.29, 1.82) is 0 Å². The van der Waals surface area contributed by atoms with E-state index in [9.17, 15) is 5.11 Å². The number of rotatable bonds is 8. The molecule has 0 saturated carbocycles. The van der Waals surface area contributed by atoms with Crippen LogP contribution in [-0.4, -0.2) is 53.8 Å². The van der Waals surface area contributed by atoms with Gasteiger partial charge in [-0.1, -0.05) is 13.0 Å². The molecule has 0 saturated heterocycles. The quantitative estimate of drug-likeness (QED) is 0.721. The Morgan fingerprint density at radius 2 is 2.22 bits per heavy atom. The van der Waals surface area contributed by atoms with Gasteiger partial charge in [0.25, 0.3) is 0 Å². The smallest absolute Gasteiger partial charge is 0.0623 e. The first-order valence-electron chi connectivity index (χ1n) is 6.54. The third-order valence-electron chi connectivity index (χ3n) is 3.05. The van der Waals surface area contributed by atoms with Gasteiger partial charge in [-0.15, -0.1) is 0 Å². The van der Waals surface area contributed by atoms with Crippen molar-refractivity contribution in [3.63, 3.8) is 0 Å². The first-order valence-corrected chi connectivity index (χ1v) is 6.54. The molecule has 4 nitrogen and oxygen atoms in total. The second-order valence-corrected chi connectivity index (χ2v) is 5.06. The van der Waals surface area contributed by atoms with Crippen molar-refractivity contribution >= 4 is 0 Å². The van der Waals surface area contributed by atoms with Crippen molar-refractivity contribution in [3.05, 3.63) is 30.1 Å². The molecule has 0 radical (unpaired) electrons. The molecule has 0 aliphatic carbocycles. The van der Waals surface area contributed by atoms with Gasteiger partial charge in [0.1, 0.15) is 0 Å². The van der Waals surface area contributed by atoms with Gasteiger partial charge in [-0.2, -0.15) is 0 Å². The molecule has 0 bridgehead atoms. The molecule has 0 spiro atoms. The summed E-state index contributed by atoms with van der Waals surface area (Å²) in [7, 11) is 2.08. The molecule has 4 heteroatoms. The number of aromatic nitrogens is 1. The Kier molecular flexibility index (Phi) is 6.25. The highest BCUT2D eigenvalue weighted by atomic mass is 16.3. The summed E-state index contributed by atoms with van der Waals surface area (Å²) in [5, 5.41) is 12.8. The molecule has 1 unspecified atom stereocenters. The van der Waals surface area contributed by atoms with E-state index in [4.69, 9.17) is 0 Å². The van der Waals surface area contributed by atoms with E-state index in [0.717, 1.165) is 31.7 Å². The van der Waals surface area contributed by atoms with Crippen LogP contribution in [0.25, 0.3) is 0 Å². The van der Waals surface area contributed by atoms with Crippen LogP contribution in [0.5, 0.6) is 0 Å². The SMILES string of the molecule is CCNC(C)(CO)CN(C)CCc1ccccn1. The molecule has 0 aliphatic rings. The number of pyridine rings is 1. The molecule has 1 atom stereocenters. The van der Waals surface area contributed by atoms with E-state index < -0.39 is 0 Å². The van der Waals surface area contributed by atoms with Crippen LogP contribution < -0.4 is 5.32 Å². The van der Waals surface area contributed by atoms with E-state index in [1.807, 2.05) is 31.3 Å². The maximum atomic E-state index is 9.45. The van der Waals surface area contributed by atoms with Gasteiger partial charge in [0, 0.05) is 31.4 Å². The van der Waals surface area contributed by atoms with E-state index in [1.54, 1.807) is 0 Å². The van der Waals surface area contributed by atoms with Gasteiger partial charge in [0.15, 0.2) is 0 Å². The number of aliphatic hydroxyl groups excluding tert-OH is 1. The van der Waals surface area contributed by atoms with Gasteiger partial charge in [-0.05, 0) is 32.6 Å². The average molecular weight is 251 g/mol. The normalized spacial score (nSPS) is 14.7. The summed E-state index contributed by atoms with van der Waals surface area (Å²) in [5.74, 6) is 0. The minimum absolute atomic E-state index is 0.148. The Morgan fingerprint density at radius 1 is 1.44 bits per heavy atom. The van der Waals surface area contributed by atoms with Crippen LogP contribution in [0.4, 0.5) is 0 Å². The lowest BCUT2D eigenvalue weighted by Crippen LogP contribution is -2.53.